The molecule has 0 bridgehead atoms. The molecule has 0 spiro atoms. The fourth-order valence-electron chi connectivity index (χ4n) is 13.4. The normalized spacial score (nSPS) is 16.0. The molecule has 0 atom stereocenters. The standard InChI is InChI=1S/C70H54N4/c1-69(2)56-25-17-24-53-64(44-32-36-46(37-33-44)68-72-61-27-14-16-29-63(61)74(68)49-20-9-6-10-21-49)51-22-11-12-23-52(51)65(66(53)56)55-42-58-54(41-59(55)69)50-39-38-47(40-57(50)70(58,3)4)43-30-34-45(35-31-43)67-71-60-26-13-15-28-62(60)73(67)48-18-7-5-8-19-48/h6-7,9-30,32-34,36-42H,5,8,31,35H2,1-4H3. The molecule has 2 aromatic heterocycles. The molecule has 0 saturated carbocycles. The molecule has 0 aliphatic heterocycles. The summed E-state index contributed by atoms with van der Waals surface area (Å²) in [5, 5.41) is 5.23. The third-order valence-electron chi connectivity index (χ3n) is 17.1. The summed E-state index contributed by atoms with van der Waals surface area (Å²) in [6.07, 6.45) is 15.7. The van der Waals surface area contributed by atoms with Crippen molar-refractivity contribution >= 4 is 60.5 Å². The molecule has 4 heteroatoms. The van der Waals surface area contributed by atoms with Gasteiger partial charge in [-0.05, 0) is 180 Å². The number of rotatable bonds is 6. The van der Waals surface area contributed by atoms with Crippen LogP contribution in [0.5, 0.6) is 0 Å². The third-order valence-corrected chi connectivity index (χ3v) is 17.1. The van der Waals surface area contributed by atoms with E-state index in [2.05, 4.69) is 243 Å². The Bertz CT molecular complexity index is 4340. The largest absolute Gasteiger partial charge is 0.293 e. The Hall–Kier alpha value is -8.60. The molecule has 2 heterocycles. The van der Waals surface area contributed by atoms with Gasteiger partial charge in [-0.1, -0.05) is 173 Å². The van der Waals surface area contributed by atoms with E-state index < -0.39 is 0 Å². The van der Waals surface area contributed by atoms with E-state index in [1.165, 1.54) is 105 Å². The molecule has 9 aromatic carbocycles. The van der Waals surface area contributed by atoms with Crippen molar-refractivity contribution in [2.75, 3.05) is 0 Å². The van der Waals surface area contributed by atoms with Crippen molar-refractivity contribution in [3.05, 3.63) is 240 Å². The number of allylic oxidation sites excluding steroid dienone is 8. The van der Waals surface area contributed by atoms with Gasteiger partial charge in [-0.25, -0.2) is 9.97 Å². The Labute approximate surface area is 432 Å². The first-order chi connectivity index (χ1) is 36.2. The van der Waals surface area contributed by atoms with Gasteiger partial charge < -0.3 is 0 Å². The second-order valence-corrected chi connectivity index (χ2v) is 21.9. The molecule has 0 saturated heterocycles. The number of imidazole rings is 2. The molecule has 4 aliphatic carbocycles. The Morgan fingerprint density at radius 1 is 0.432 bits per heavy atom. The van der Waals surface area contributed by atoms with E-state index in [4.69, 9.17) is 9.97 Å². The topological polar surface area (TPSA) is 35.6 Å². The lowest BCUT2D eigenvalue weighted by atomic mass is 9.65. The lowest BCUT2D eigenvalue weighted by molar-refractivity contribution is 0.639. The SMILES string of the molecule is CC1(C)c2cc(C3=CC=C(c4nc5ccccc5n4C4=CCCC=C4)CC3)ccc2-c2cc3c(cc21)-c1c2ccccc2c(-c2ccc(-c4nc5ccccc5n4-c4ccccc4)cc2)c2cccc(c12)C3(C)C. The van der Waals surface area contributed by atoms with Crippen molar-refractivity contribution in [1.29, 1.82) is 0 Å². The van der Waals surface area contributed by atoms with Crippen LogP contribution >= 0.6 is 0 Å². The van der Waals surface area contributed by atoms with E-state index in [1.807, 2.05) is 0 Å². The lowest BCUT2D eigenvalue weighted by Gasteiger charge is -2.37. The van der Waals surface area contributed by atoms with Gasteiger partial charge >= 0.3 is 0 Å². The van der Waals surface area contributed by atoms with Crippen LogP contribution < -0.4 is 0 Å². The number of hydrogen-bond donors (Lipinski definition) is 0. The van der Waals surface area contributed by atoms with Gasteiger partial charge in [-0.3, -0.25) is 9.13 Å². The fourth-order valence-corrected chi connectivity index (χ4v) is 13.4. The predicted octanol–water partition coefficient (Wildman–Crippen LogP) is 18.1. The third kappa shape index (κ3) is 6.21. The van der Waals surface area contributed by atoms with Crippen molar-refractivity contribution in [1.82, 2.24) is 19.1 Å². The molecule has 4 nitrogen and oxygen atoms in total. The zero-order valence-electron chi connectivity index (χ0n) is 42.2. The number of para-hydroxylation sites is 5. The highest BCUT2D eigenvalue weighted by Crippen LogP contribution is 2.58. The highest BCUT2D eigenvalue weighted by Gasteiger charge is 2.41. The van der Waals surface area contributed by atoms with Gasteiger partial charge in [-0.2, -0.15) is 0 Å². The second-order valence-electron chi connectivity index (χ2n) is 21.9. The molecule has 354 valence electrons. The zero-order chi connectivity index (χ0) is 49.5. The summed E-state index contributed by atoms with van der Waals surface area (Å²) in [5.74, 6) is 2.00. The first kappa shape index (κ1) is 43.0. The molecule has 4 aliphatic rings. The van der Waals surface area contributed by atoms with Crippen LogP contribution in [0.1, 0.15) is 87.0 Å². The Balaban J connectivity index is 0.829. The molecular weight excluding hydrogens is 897 g/mol. The van der Waals surface area contributed by atoms with Crippen LogP contribution in [0.4, 0.5) is 0 Å². The fraction of sp³-hybridized carbons (Fsp3) is 0.143. The molecule has 11 aromatic rings. The van der Waals surface area contributed by atoms with E-state index in [0.29, 0.717) is 0 Å². The first-order valence-corrected chi connectivity index (χ1v) is 26.4. The molecule has 15 rings (SSSR count). The molecule has 0 amide bonds. The average molecular weight is 951 g/mol. The maximum atomic E-state index is 5.22. The van der Waals surface area contributed by atoms with E-state index >= 15 is 0 Å². The van der Waals surface area contributed by atoms with E-state index in [0.717, 1.165) is 65.1 Å². The van der Waals surface area contributed by atoms with Crippen LogP contribution in [0.25, 0.3) is 111 Å². The van der Waals surface area contributed by atoms with Gasteiger partial charge in [0.25, 0.3) is 0 Å². The van der Waals surface area contributed by atoms with Crippen LogP contribution in [0.15, 0.2) is 206 Å². The minimum atomic E-state index is -0.245. The molecule has 0 fully saturated rings. The molecule has 0 radical (unpaired) electrons. The Morgan fingerprint density at radius 2 is 1.03 bits per heavy atom. The zero-order valence-corrected chi connectivity index (χ0v) is 42.2. The predicted molar refractivity (Wildman–Crippen MR) is 310 cm³/mol. The van der Waals surface area contributed by atoms with Crippen LogP contribution in [0.3, 0.4) is 0 Å². The van der Waals surface area contributed by atoms with Gasteiger partial charge in [0.1, 0.15) is 11.6 Å². The maximum Gasteiger partial charge on any atom is 0.145 e. The summed E-state index contributed by atoms with van der Waals surface area (Å²) >= 11 is 0. The average Bonchev–Trinajstić information content (AvgIpc) is 4.11. The highest BCUT2D eigenvalue weighted by atomic mass is 15.1. The van der Waals surface area contributed by atoms with Crippen molar-refractivity contribution in [3.8, 4) is 50.5 Å². The van der Waals surface area contributed by atoms with Crippen LogP contribution in [-0.2, 0) is 10.8 Å². The first-order valence-electron chi connectivity index (χ1n) is 26.4. The highest BCUT2D eigenvalue weighted by molar-refractivity contribution is 6.24. The van der Waals surface area contributed by atoms with Crippen molar-refractivity contribution < 1.29 is 0 Å². The van der Waals surface area contributed by atoms with E-state index in [1.54, 1.807) is 0 Å². The number of hydrogen-bond acceptors (Lipinski definition) is 2. The van der Waals surface area contributed by atoms with Gasteiger partial charge in [0.2, 0.25) is 0 Å². The molecule has 0 unspecified atom stereocenters. The summed E-state index contributed by atoms with van der Waals surface area (Å²) in [7, 11) is 0. The molecule has 74 heavy (non-hydrogen) atoms. The minimum Gasteiger partial charge on any atom is -0.293 e. The number of benzene rings is 9. The summed E-state index contributed by atoms with van der Waals surface area (Å²) < 4.78 is 4.66. The number of nitrogens with zero attached hydrogens (tertiary/aromatic N) is 4. The number of aromatic nitrogens is 4. The van der Waals surface area contributed by atoms with Crippen LogP contribution in [0.2, 0.25) is 0 Å². The van der Waals surface area contributed by atoms with Crippen LogP contribution in [0, 0.1) is 0 Å². The lowest BCUT2D eigenvalue weighted by Crippen LogP contribution is -2.25. The Kier molecular flexibility index (Phi) is 9.27. The summed E-state index contributed by atoms with van der Waals surface area (Å²) in [6.45, 7) is 9.77. The van der Waals surface area contributed by atoms with Crippen molar-refractivity contribution in [2.45, 2.75) is 64.2 Å². The summed E-state index contributed by atoms with van der Waals surface area (Å²) in [5.41, 5.74) is 24.7. The summed E-state index contributed by atoms with van der Waals surface area (Å²) in [4.78, 5) is 10.4. The van der Waals surface area contributed by atoms with Gasteiger partial charge in [0.15, 0.2) is 0 Å². The quantitative estimate of drug-likeness (QED) is 0.156. The van der Waals surface area contributed by atoms with E-state index in [9.17, 15) is 0 Å². The monoisotopic (exact) mass is 950 g/mol. The van der Waals surface area contributed by atoms with Crippen molar-refractivity contribution in [3.63, 3.8) is 0 Å². The van der Waals surface area contributed by atoms with Crippen LogP contribution in [-0.4, -0.2) is 19.1 Å². The van der Waals surface area contributed by atoms with Gasteiger partial charge in [0.05, 0.1) is 22.1 Å². The number of fused-ring (bicyclic) bond motifs is 9. The molecule has 0 N–H and O–H groups in total. The molecular formula is C70H54N4. The summed E-state index contributed by atoms with van der Waals surface area (Å²) in [6, 6.07) is 65.4. The smallest absolute Gasteiger partial charge is 0.145 e. The maximum absolute atomic E-state index is 5.22. The Morgan fingerprint density at radius 3 is 1.77 bits per heavy atom. The second kappa shape index (κ2) is 15.9. The van der Waals surface area contributed by atoms with Gasteiger partial charge in [-0.15, -0.1) is 0 Å². The van der Waals surface area contributed by atoms with Crippen molar-refractivity contribution in [2.24, 2.45) is 0 Å². The minimum absolute atomic E-state index is 0.198. The van der Waals surface area contributed by atoms with Gasteiger partial charge in [0, 0.05) is 27.8 Å². The van der Waals surface area contributed by atoms with E-state index in [-0.39, 0.29) is 10.8 Å².